The molecule has 1 aromatic rings. The highest BCUT2D eigenvalue weighted by atomic mass is 32.3. The molecule has 0 radical (unpaired) electrons. The van der Waals surface area contributed by atoms with Crippen LogP contribution in [0.15, 0.2) is 24.3 Å². The number of carbonyl (C=O) groups excluding carboxylic acids is 1. The summed E-state index contributed by atoms with van der Waals surface area (Å²) in [6.07, 6.45) is 1.69. The lowest BCUT2D eigenvalue weighted by atomic mass is 9.64. The zero-order valence-corrected chi connectivity index (χ0v) is 12.0. The first-order valence-corrected chi connectivity index (χ1v) is 7.50. The molecule has 0 saturated heterocycles. The van der Waals surface area contributed by atoms with Crippen LogP contribution < -0.4 is 9.50 Å². The fraction of sp³-hybridized carbons (Fsp3) is 0.462. The Hall–Kier alpha value is -1.63. The van der Waals surface area contributed by atoms with Crippen molar-refractivity contribution in [2.75, 3.05) is 5.32 Å². The third-order valence-corrected chi connectivity index (χ3v) is 3.68. The minimum atomic E-state index is -5.02. The molecule has 20 heavy (non-hydrogen) atoms. The average molecular weight is 301 g/mol. The number of rotatable bonds is 4. The number of anilines is 1. The van der Waals surface area contributed by atoms with Crippen molar-refractivity contribution in [1.29, 1.82) is 0 Å². The molecule has 0 bridgehead atoms. The van der Waals surface area contributed by atoms with Crippen LogP contribution in [0.5, 0.6) is 5.75 Å². The third-order valence-electron chi connectivity index (χ3n) is 3.29. The van der Waals surface area contributed by atoms with Crippen LogP contribution in [0.2, 0.25) is 0 Å². The van der Waals surface area contributed by atoms with Crippen molar-refractivity contribution in [3.8, 4) is 5.75 Å². The molecule has 110 valence electrons. The zero-order chi connectivity index (χ0) is 15.0. The Kier molecular flexibility index (Phi) is 3.73. The maximum absolute atomic E-state index is 12.3. The Balaban J connectivity index is 1.93. The van der Waals surface area contributed by atoms with Crippen molar-refractivity contribution in [2.24, 2.45) is 11.3 Å². The quantitative estimate of drug-likeness (QED) is 0.868. The van der Waals surface area contributed by atoms with Crippen LogP contribution in [0, 0.1) is 11.3 Å². The van der Waals surface area contributed by atoms with Crippen LogP contribution in [0.25, 0.3) is 0 Å². The van der Waals surface area contributed by atoms with Crippen molar-refractivity contribution in [3.63, 3.8) is 0 Å². The molecule has 5 nitrogen and oxygen atoms in total. The molecule has 0 atom stereocenters. The van der Waals surface area contributed by atoms with Crippen molar-refractivity contribution in [2.45, 2.75) is 26.7 Å². The summed E-state index contributed by atoms with van der Waals surface area (Å²) in [7, 11) is -5.02. The van der Waals surface area contributed by atoms with E-state index in [1.807, 2.05) is 0 Å². The summed E-state index contributed by atoms with van der Waals surface area (Å²) < 4.78 is 37.0. The molecule has 1 aromatic carbocycles. The highest BCUT2D eigenvalue weighted by molar-refractivity contribution is 7.81. The molecule has 0 aliphatic heterocycles. The molecule has 1 N–H and O–H groups in total. The molecule has 2 rings (SSSR count). The number of hydrogen-bond acceptors (Lipinski definition) is 4. The van der Waals surface area contributed by atoms with Crippen molar-refractivity contribution >= 4 is 22.1 Å². The largest absolute Gasteiger partial charge is 0.488 e. The van der Waals surface area contributed by atoms with Gasteiger partial charge in [-0.05, 0) is 42.5 Å². The van der Waals surface area contributed by atoms with E-state index in [-0.39, 0.29) is 23.0 Å². The Bertz CT molecular complexity index is 602. The summed E-state index contributed by atoms with van der Waals surface area (Å²) in [6.45, 7) is 4.22. The van der Waals surface area contributed by atoms with Crippen molar-refractivity contribution in [1.82, 2.24) is 0 Å². The number of hydrogen-bond donors (Lipinski definition) is 1. The van der Waals surface area contributed by atoms with Gasteiger partial charge in [-0.2, -0.15) is 8.42 Å². The van der Waals surface area contributed by atoms with E-state index in [1.54, 1.807) is 0 Å². The molecule has 1 fully saturated rings. The second kappa shape index (κ2) is 5.05. The third kappa shape index (κ3) is 3.93. The molecular formula is C13H16FNO4S. The highest BCUT2D eigenvalue weighted by Crippen LogP contribution is 2.45. The molecule has 1 aliphatic carbocycles. The standard InChI is InChI=1S/C13H16FNO4S/c1-13(2)7-9(8-13)12(16)15-10-3-5-11(6-4-10)19-20(14,17)18/h3-6,9H,7-8H2,1-2H3,(H,15,16). The first-order valence-electron chi connectivity index (χ1n) is 6.20. The van der Waals surface area contributed by atoms with Gasteiger partial charge in [-0.3, -0.25) is 4.79 Å². The smallest absolute Gasteiger partial charge is 0.358 e. The molecule has 0 heterocycles. The maximum Gasteiger partial charge on any atom is 0.488 e. The molecule has 1 amide bonds. The monoisotopic (exact) mass is 301 g/mol. The first-order chi connectivity index (χ1) is 9.15. The number of halogens is 1. The lowest BCUT2D eigenvalue weighted by Gasteiger charge is -2.41. The van der Waals surface area contributed by atoms with E-state index < -0.39 is 10.5 Å². The van der Waals surface area contributed by atoms with Crippen LogP contribution in [-0.4, -0.2) is 14.3 Å². The molecule has 7 heteroatoms. The van der Waals surface area contributed by atoms with E-state index in [2.05, 4.69) is 23.3 Å². The SMILES string of the molecule is CC1(C)CC(C(=O)Nc2ccc(OS(=O)(=O)F)cc2)C1. The van der Waals surface area contributed by atoms with Gasteiger partial charge in [0.2, 0.25) is 5.91 Å². The van der Waals surface area contributed by atoms with Gasteiger partial charge in [0.05, 0.1) is 0 Å². The van der Waals surface area contributed by atoms with E-state index in [4.69, 9.17) is 0 Å². The summed E-state index contributed by atoms with van der Waals surface area (Å²) in [5.74, 6) is -0.196. The normalized spacial score (nSPS) is 18.1. The Morgan fingerprint density at radius 2 is 1.85 bits per heavy atom. The van der Waals surface area contributed by atoms with Gasteiger partial charge >= 0.3 is 10.5 Å². The van der Waals surface area contributed by atoms with Gasteiger partial charge in [0.15, 0.2) is 0 Å². The van der Waals surface area contributed by atoms with Crippen LogP contribution in [-0.2, 0) is 15.3 Å². The second-order valence-electron chi connectivity index (χ2n) is 5.76. The van der Waals surface area contributed by atoms with Gasteiger partial charge < -0.3 is 9.50 Å². The molecule has 0 spiro atoms. The predicted octanol–water partition coefficient (Wildman–Crippen LogP) is 2.65. The molecule has 1 saturated carbocycles. The van der Waals surface area contributed by atoms with Gasteiger partial charge in [0.1, 0.15) is 5.75 Å². The van der Waals surface area contributed by atoms with Crippen LogP contribution in [0.4, 0.5) is 9.57 Å². The predicted molar refractivity (Wildman–Crippen MR) is 72.2 cm³/mol. The second-order valence-corrected chi connectivity index (χ2v) is 6.71. The number of carbonyl (C=O) groups is 1. The van der Waals surface area contributed by atoms with Crippen LogP contribution >= 0.6 is 0 Å². The lowest BCUT2D eigenvalue weighted by Crippen LogP contribution is -2.39. The minimum absolute atomic E-state index is 0.00662. The number of benzene rings is 1. The van der Waals surface area contributed by atoms with E-state index in [0.717, 1.165) is 12.8 Å². The fourth-order valence-electron chi connectivity index (χ4n) is 2.41. The highest BCUT2D eigenvalue weighted by Gasteiger charge is 2.40. The van der Waals surface area contributed by atoms with Crippen molar-refractivity contribution in [3.05, 3.63) is 24.3 Å². The lowest BCUT2D eigenvalue weighted by molar-refractivity contribution is -0.126. The van der Waals surface area contributed by atoms with E-state index in [1.165, 1.54) is 24.3 Å². The van der Waals surface area contributed by atoms with Crippen molar-refractivity contribution < 1.29 is 21.3 Å². The van der Waals surface area contributed by atoms with Gasteiger partial charge in [0, 0.05) is 11.6 Å². The Labute approximate surface area is 117 Å². The summed E-state index contributed by atoms with van der Waals surface area (Å²) >= 11 is 0. The molecule has 0 unspecified atom stereocenters. The number of amides is 1. The van der Waals surface area contributed by atoms with Gasteiger partial charge in [-0.25, -0.2) is 0 Å². The van der Waals surface area contributed by atoms with Gasteiger partial charge in [-0.1, -0.05) is 17.7 Å². The van der Waals surface area contributed by atoms with Gasteiger partial charge in [0.25, 0.3) is 0 Å². The first kappa shape index (κ1) is 14.8. The summed E-state index contributed by atoms with van der Waals surface area (Å²) in [5, 5.41) is 2.73. The van der Waals surface area contributed by atoms with Crippen LogP contribution in [0.1, 0.15) is 26.7 Å². The fourth-order valence-corrected chi connectivity index (χ4v) is 2.75. The summed E-state index contributed by atoms with van der Waals surface area (Å²) in [5.41, 5.74) is 0.734. The van der Waals surface area contributed by atoms with Gasteiger partial charge in [-0.15, -0.1) is 0 Å². The van der Waals surface area contributed by atoms with E-state index >= 15 is 0 Å². The zero-order valence-electron chi connectivity index (χ0n) is 11.2. The summed E-state index contributed by atoms with van der Waals surface area (Å²) in [6, 6.07) is 5.47. The minimum Gasteiger partial charge on any atom is -0.358 e. The molecular weight excluding hydrogens is 285 g/mol. The summed E-state index contributed by atoms with van der Waals surface area (Å²) in [4.78, 5) is 11.9. The van der Waals surface area contributed by atoms with E-state index in [0.29, 0.717) is 5.69 Å². The van der Waals surface area contributed by atoms with Crippen LogP contribution in [0.3, 0.4) is 0 Å². The van der Waals surface area contributed by atoms with E-state index in [9.17, 15) is 17.1 Å². The topological polar surface area (TPSA) is 72.5 Å². The number of nitrogens with one attached hydrogen (secondary N) is 1. The molecule has 0 aromatic heterocycles. The Morgan fingerprint density at radius 3 is 2.30 bits per heavy atom. The Morgan fingerprint density at radius 1 is 1.30 bits per heavy atom. The molecule has 1 aliphatic rings. The maximum atomic E-state index is 12.3. The average Bonchev–Trinajstić information content (AvgIpc) is 2.26.